The molecular formula is C11H9NOS. The van der Waals surface area contributed by atoms with Gasteiger partial charge in [-0.3, -0.25) is 4.79 Å². The highest BCUT2D eigenvalue weighted by Gasteiger charge is 2.04. The molecule has 70 valence electrons. The standard InChI is InChI=1S/C11H9NOS/c13-11(14)10-6-9(7-12-10)8-4-2-1-3-5-8/h1-7,12H,(H,13,14). The van der Waals surface area contributed by atoms with E-state index in [0.717, 1.165) is 11.1 Å². The average Bonchev–Trinajstić information content (AvgIpc) is 2.68. The first kappa shape index (κ1) is 9.09. The van der Waals surface area contributed by atoms with E-state index in [4.69, 9.17) is 0 Å². The predicted molar refractivity (Wildman–Crippen MR) is 59.5 cm³/mol. The monoisotopic (exact) mass is 203 g/mol. The van der Waals surface area contributed by atoms with Gasteiger partial charge in [0.05, 0.1) is 5.69 Å². The number of nitrogens with one attached hydrogen (secondary N) is 1. The van der Waals surface area contributed by atoms with Crippen LogP contribution in [0.3, 0.4) is 0 Å². The third-order valence-electron chi connectivity index (χ3n) is 2.02. The van der Waals surface area contributed by atoms with E-state index in [1.807, 2.05) is 30.3 Å². The highest BCUT2D eigenvalue weighted by molar-refractivity contribution is 7.97. The number of benzene rings is 1. The maximum absolute atomic E-state index is 10.9. The Kier molecular flexibility index (Phi) is 2.41. The van der Waals surface area contributed by atoms with Gasteiger partial charge in [-0.05, 0) is 17.2 Å². The Morgan fingerprint density at radius 2 is 1.86 bits per heavy atom. The molecule has 0 bridgehead atoms. The summed E-state index contributed by atoms with van der Waals surface area (Å²) in [5.41, 5.74) is 2.61. The fourth-order valence-electron chi connectivity index (χ4n) is 1.32. The number of aromatic amines is 1. The minimum atomic E-state index is -0.243. The molecule has 2 rings (SSSR count). The van der Waals surface area contributed by atoms with E-state index >= 15 is 0 Å². The maximum atomic E-state index is 10.9. The molecule has 0 aliphatic carbocycles. The lowest BCUT2D eigenvalue weighted by Crippen LogP contribution is -1.85. The van der Waals surface area contributed by atoms with Crippen LogP contribution in [0, 0.1) is 0 Å². The fourth-order valence-corrected chi connectivity index (χ4v) is 1.44. The summed E-state index contributed by atoms with van der Waals surface area (Å²) in [5, 5.41) is -0.243. The molecule has 1 aromatic heterocycles. The Bertz CT molecular complexity index is 447. The molecular weight excluding hydrogens is 194 g/mol. The molecule has 0 unspecified atom stereocenters. The second-order valence-corrected chi connectivity index (χ2v) is 3.38. The summed E-state index contributed by atoms with van der Waals surface area (Å²) < 4.78 is 0. The Balaban J connectivity index is 2.39. The summed E-state index contributed by atoms with van der Waals surface area (Å²) in [6.07, 6.45) is 1.80. The first-order valence-electron chi connectivity index (χ1n) is 4.24. The molecule has 0 amide bonds. The highest BCUT2D eigenvalue weighted by atomic mass is 32.1. The van der Waals surface area contributed by atoms with Crippen molar-refractivity contribution in [2.75, 3.05) is 0 Å². The van der Waals surface area contributed by atoms with Crippen LogP contribution in [0.5, 0.6) is 0 Å². The van der Waals surface area contributed by atoms with Gasteiger partial charge in [-0.25, -0.2) is 0 Å². The third-order valence-corrected chi connectivity index (χ3v) is 2.26. The lowest BCUT2D eigenvalue weighted by atomic mass is 10.1. The van der Waals surface area contributed by atoms with Crippen molar-refractivity contribution in [1.82, 2.24) is 4.98 Å². The molecule has 14 heavy (non-hydrogen) atoms. The van der Waals surface area contributed by atoms with Crippen molar-refractivity contribution < 1.29 is 4.79 Å². The van der Waals surface area contributed by atoms with Gasteiger partial charge in [-0.2, -0.15) is 0 Å². The first-order valence-corrected chi connectivity index (χ1v) is 4.69. The molecule has 2 nitrogen and oxygen atoms in total. The summed E-state index contributed by atoms with van der Waals surface area (Å²) >= 11 is 3.74. The molecule has 1 N–H and O–H groups in total. The number of hydrogen-bond acceptors (Lipinski definition) is 1. The number of aromatic nitrogens is 1. The fraction of sp³-hybridized carbons (Fsp3) is 0. The van der Waals surface area contributed by atoms with E-state index in [9.17, 15) is 4.79 Å². The van der Waals surface area contributed by atoms with Crippen LogP contribution in [0.2, 0.25) is 0 Å². The molecule has 1 heterocycles. The van der Waals surface area contributed by atoms with Crippen molar-refractivity contribution in [2.24, 2.45) is 0 Å². The molecule has 0 fully saturated rings. The van der Waals surface area contributed by atoms with Gasteiger partial charge in [0.15, 0.2) is 0 Å². The van der Waals surface area contributed by atoms with Crippen molar-refractivity contribution in [3.8, 4) is 11.1 Å². The van der Waals surface area contributed by atoms with Gasteiger partial charge in [-0.1, -0.05) is 43.0 Å². The van der Waals surface area contributed by atoms with Gasteiger partial charge >= 0.3 is 0 Å². The summed E-state index contributed by atoms with van der Waals surface area (Å²) in [6, 6.07) is 11.7. The van der Waals surface area contributed by atoms with Crippen LogP contribution in [0.25, 0.3) is 11.1 Å². The zero-order valence-electron chi connectivity index (χ0n) is 7.40. The van der Waals surface area contributed by atoms with Gasteiger partial charge in [0, 0.05) is 6.20 Å². The number of carbonyl (C=O) groups is 1. The zero-order chi connectivity index (χ0) is 9.97. The molecule has 0 aliphatic heterocycles. The van der Waals surface area contributed by atoms with E-state index in [1.54, 1.807) is 12.3 Å². The molecule has 0 atom stereocenters. The number of thiol groups is 1. The Labute approximate surface area is 87.4 Å². The van der Waals surface area contributed by atoms with Gasteiger partial charge in [0.25, 0.3) is 0 Å². The first-order chi connectivity index (χ1) is 6.77. The van der Waals surface area contributed by atoms with Crippen LogP contribution < -0.4 is 0 Å². The highest BCUT2D eigenvalue weighted by Crippen LogP contribution is 2.20. The Hall–Kier alpha value is -1.48. The van der Waals surface area contributed by atoms with E-state index in [0.29, 0.717) is 5.69 Å². The SMILES string of the molecule is O=C(S)c1cc(-c2ccccc2)c[nH]1. The third kappa shape index (κ3) is 1.72. The van der Waals surface area contributed by atoms with Gasteiger partial charge < -0.3 is 4.98 Å². The molecule has 1 aromatic carbocycles. The summed E-state index contributed by atoms with van der Waals surface area (Å²) in [7, 11) is 0. The molecule has 2 aromatic rings. The van der Waals surface area contributed by atoms with Crippen molar-refractivity contribution in [3.63, 3.8) is 0 Å². The minimum absolute atomic E-state index is 0.243. The quantitative estimate of drug-likeness (QED) is 0.723. The van der Waals surface area contributed by atoms with Crippen molar-refractivity contribution in [3.05, 3.63) is 48.3 Å². The van der Waals surface area contributed by atoms with Crippen molar-refractivity contribution >= 4 is 17.7 Å². The molecule has 0 spiro atoms. The molecule has 0 saturated carbocycles. The summed E-state index contributed by atoms with van der Waals surface area (Å²) in [6.45, 7) is 0. The minimum Gasteiger partial charge on any atom is -0.357 e. The Morgan fingerprint density at radius 3 is 2.43 bits per heavy atom. The van der Waals surface area contributed by atoms with E-state index < -0.39 is 0 Å². The molecule has 0 saturated heterocycles. The maximum Gasteiger partial charge on any atom is 0.232 e. The van der Waals surface area contributed by atoms with Crippen LogP contribution in [-0.4, -0.2) is 10.1 Å². The number of H-pyrrole nitrogens is 1. The second kappa shape index (κ2) is 3.72. The number of hydrogen-bond donors (Lipinski definition) is 2. The van der Waals surface area contributed by atoms with Crippen molar-refractivity contribution in [1.29, 1.82) is 0 Å². The molecule has 0 aliphatic rings. The summed E-state index contributed by atoms with van der Waals surface area (Å²) in [5.74, 6) is 0. The summed E-state index contributed by atoms with van der Waals surface area (Å²) in [4.78, 5) is 13.8. The van der Waals surface area contributed by atoms with Crippen LogP contribution in [-0.2, 0) is 0 Å². The van der Waals surface area contributed by atoms with E-state index in [2.05, 4.69) is 17.6 Å². The zero-order valence-corrected chi connectivity index (χ0v) is 8.29. The lowest BCUT2D eigenvalue weighted by Gasteiger charge is -1.93. The molecule has 0 radical (unpaired) electrons. The van der Waals surface area contributed by atoms with Crippen LogP contribution in [0.4, 0.5) is 0 Å². The number of carbonyl (C=O) groups excluding carboxylic acids is 1. The normalized spacial score (nSPS) is 10.1. The topological polar surface area (TPSA) is 32.9 Å². The van der Waals surface area contributed by atoms with Crippen molar-refractivity contribution in [2.45, 2.75) is 0 Å². The predicted octanol–water partition coefficient (Wildman–Crippen LogP) is 2.75. The number of rotatable bonds is 2. The van der Waals surface area contributed by atoms with Gasteiger partial charge in [0.2, 0.25) is 5.12 Å². The van der Waals surface area contributed by atoms with Gasteiger partial charge in [0.1, 0.15) is 0 Å². The van der Waals surface area contributed by atoms with E-state index in [1.165, 1.54) is 0 Å². The molecule has 3 heteroatoms. The van der Waals surface area contributed by atoms with Crippen LogP contribution in [0.1, 0.15) is 10.5 Å². The van der Waals surface area contributed by atoms with E-state index in [-0.39, 0.29) is 5.12 Å². The smallest absolute Gasteiger partial charge is 0.232 e. The van der Waals surface area contributed by atoms with Crippen LogP contribution in [0.15, 0.2) is 42.6 Å². The lowest BCUT2D eigenvalue weighted by molar-refractivity contribution is 0.108. The average molecular weight is 203 g/mol. The largest absolute Gasteiger partial charge is 0.357 e. The Morgan fingerprint density at radius 1 is 1.14 bits per heavy atom. The van der Waals surface area contributed by atoms with Crippen LogP contribution >= 0.6 is 12.6 Å². The second-order valence-electron chi connectivity index (χ2n) is 2.97. The van der Waals surface area contributed by atoms with Gasteiger partial charge in [-0.15, -0.1) is 0 Å².